The van der Waals surface area contributed by atoms with E-state index in [-0.39, 0.29) is 11.4 Å². The van der Waals surface area contributed by atoms with Crippen molar-refractivity contribution in [3.63, 3.8) is 0 Å². The molecule has 0 spiro atoms. The fourth-order valence-electron chi connectivity index (χ4n) is 0.990. The van der Waals surface area contributed by atoms with E-state index in [0.717, 1.165) is 0 Å². The second-order valence-corrected chi connectivity index (χ2v) is 2.79. The van der Waals surface area contributed by atoms with Crippen molar-refractivity contribution >= 4 is 5.69 Å². The van der Waals surface area contributed by atoms with Gasteiger partial charge >= 0.3 is 5.69 Å². The molecule has 0 aromatic heterocycles. The smallest absolute Gasteiger partial charge is 0.310 e. The predicted octanol–water partition coefficient (Wildman–Crippen LogP) is 0.871. The van der Waals surface area contributed by atoms with E-state index in [1.165, 1.54) is 18.2 Å². The lowest BCUT2D eigenvalue weighted by Crippen LogP contribution is -2.04. The number of rotatable bonds is 2. The van der Waals surface area contributed by atoms with Gasteiger partial charge in [-0.05, 0) is 13.1 Å². The average Bonchev–Trinajstić information content (AvgIpc) is 2.17. The van der Waals surface area contributed by atoms with E-state index in [2.05, 4.69) is 17.2 Å². The number of hydrogen-bond acceptors (Lipinski definition) is 4. The third kappa shape index (κ3) is 2.97. The molecule has 0 radical (unpaired) electrons. The number of nitro groups is 1. The SMILES string of the molecule is CNCC#Cc1ccc([N+](=O)[O-])c(O)c1. The monoisotopic (exact) mass is 206 g/mol. The number of phenolic OH excluding ortho intramolecular Hbond substituents is 1. The highest BCUT2D eigenvalue weighted by Crippen LogP contribution is 2.25. The number of nitrogens with one attached hydrogen (secondary N) is 1. The standard InChI is InChI=1S/C10H10N2O3/c1-11-6-2-3-8-4-5-9(12(14)15)10(13)7-8/h4-5,7,11,13H,6H2,1H3. The van der Waals surface area contributed by atoms with Gasteiger partial charge in [0, 0.05) is 17.7 Å². The summed E-state index contributed by atoms with van der Waals surface area (Å²) < 4.78 is 0. The zero-order valence-corrected chi connectivity index (χ0v) is 8.15. The maximum atomic E-state index is 10.4. The van der Waals surface area contributed by atoms with Gasteiger partial charge in [-0.15, -0.1) is 0 Å². The van der Waals surface area contributed by atoms with Crippen LogP contribution in [0.5, 0.6) is 5.75 Å². The van der Waals surface area contributed by atoms with Crippen molar-refractivity contribution in [1.29, 1.82) is 0 Å². The molecule has 0 saturated carbocycles. The topological polar surface area (TPSA) is 75.4 Å². The molecule has 5 nitrogen and oxygen atoms in total. The van der Waals surface area contributed by atoms with Gasteiger partial charge in [-0.1, -0.05) is 11.8 Å². The van der Waals surface area contributed by atoms with Crippen molar-refractivity contribution < 1.29 is 10.0 Å². The number of nitro benzene ring substituents is 1. The summed E-state index contributed by atoms with van der Waals surface area (Å²) in [6.07, 6.45) is 0. The first-order valence-corrected chi connectivity index (χ1v) is 4.26. The Morgan fingerprint density at radius 1 is 1.60 bits per heavy atom. The van der Waals surface area contributed by atoms with E-state index in [1.54, 1.807) is 7.05 Å². The van der Waals surface area contributed by atoms with E-state index < -0.39 is 4.92 Å². The van der Waals surface area contributed by atoms with Crippen LogP contribution in [0.3, 0.4) is 0 Å². The van der Waals surface area contributed by atoms with E-state index >= 15 is 0 Å². The van der Waals surface area contributed by atoms with E-state index in [1.807, 2.05) is 0 Å². The van der Waals surface area contributed by atoms with Crippen LogP contribution in [0.2, 0.25) is 0 Å². The molecule has 2 N–H and O–H groups in total. The Labute approximate surface area is 86.9 Å². The maximum Gasteiger partial charge on any atom is 0.310 e. The Morgan fingerprint density at radius 2 is 2.33 bits per heavy atom. The summed E-state index contributed by atoms with van der Waals surface area (Å²) in [5, 5.41) is 22.5. The Hall–Kier alpha value is -2.06. The van der Waals surface area contributed by atoms with Crippen molar-refractivity contribution in [1.82, 2.24) is 5.32 Å². The molecule has 15 heavy (non-hydrogen) atoms. The van der Waals surface area contributed by atoms with Gasteiger partial charge < -0.3 is 10.4 Å². The quantitative estimate of drug-likeness (QED) is 0.427. The summed E-state index contributed by atoms with van der Waals surface area (Å²) in [7, 11) is 1.77. The van der Waals surface area contributed by atoms with Crippen LogP contribution in [0.4, 0.5) is 5.69 Å². The van der Waals surface area contributed by atoms with Crippen LogP contribution in [-0.2, 0) is 0 Å². The summed E-state index contributed by atoms with van der Waals surface area (Å²) in [5.74, 6) is 5.18. The van der Waals surface area contributed by atoms with Gasteiger partial charge in [0.05, 0.1) is 11.5 Å². The lowest BCUT2D eigenvalue weighted by Gasteiger charge is -1.95. The molecule has 0 aliphatic rings. The minimum atomic E-state index is -0.639. The largest absolute Gasteiger partial charge is 0.502 e. The molecule has 1 aromatic rings. The number of phenols is 1. The first-order valence-electron chi connectivity index (χ1n) is 4.26. The molecule has 1 rings (SSSR count). The van der Waals surface area contributed by atoms with Gasteiger partial charge in [0.15, 0.2) is 5.75 Å². The zero-order chi connectivity index (χ0) is 11.3. The van der Waals surface area contributed by atoms with Crippen molar-refractivity contribution in [3.8, 4) is 17.6 Å². The number of nitrogens with zero attached hydrogens (tertiary/aromatic N) is 1. The van der Waals surface area contributed by atoms with Gasteiger partial charge in [0.1, 0.15) is 0 Å². The lowest BCUT2D eigenvalue weighted by molar-refractivity contribution is -0.385. The molecule has 0 aliphatic carbocycles. The van der Waals surface area contributed by atoms with Crippen LogP contribution < -0.4 is 5.32 Å². The molecule has 0 unspecified atom stereocenters. The summed E-state index contributed by atoms with van der Waals surface area (Å²) >= 11 is 0. The van der Waals surface area contributed by atoms with Gasteiger partial charge in [-0.2, -0.15) is 0 Å². The zero-order valence-electron chi connectivity index (χ0n) is 8.15. The van der Waals surface area contributed by atoms with Crippen LogP contribution in [0, 0.1) is 22.0 Å². The summed E-state index contributed by atoms with van der Waals surface area (Å²) in [6.45, 7) is 0.526. The Bertz CT molecular complexity index is 432. The molecule has 0 amide bonds. The summed E-state index contributed by atoms with van der Waals surface area (Å²) in [5.41, 5.74) is 0.238. The average molecular weight is 206 g/mol. The van der Waals surface area contributed by atoms with E-state index in [0.29, 0.717) is 12.1 Å². The molecule has 0 bridgehead atoms. The van der Waals surface area contributed by atoms with Gasteiger partial charge in [0.2, 0.25) is 0 Å². The third-order valence-corrected chi connectivity index (χ3v) is 1.67. The fourth-order valence-corrected chi connectivity index (χ4v) is 0.990. The van der Waals surface area contributed by atoms with Gasteiger partial charge in [-0.25, -0.2) is 0 Å². The highest BCUT2D eigenvalue weighted by molar-refractivity contribution is 5.51. The number of hydrogen-bond donors (Lipinski definition) is 2. The summed E-state index contributed by atoms with van der Waals surface area (Å²) in [4.78, 5) is 9.75. The van der Waals surface area contributed by atoms with Crippen LogP contribution >= 0.6 is 0 Å². The number of aromatic hydroxyl groups is 1. The molecule has 0 atom stereocenters. The fraction of sp³-hybridized carbons (Fsp3) is 0.200. The van der Waals surface area contributed by atoms with Crippen molar-refractivity contribution in [2.45, 2.75) is 0 Å². The highest BCUT2D eigenvalue weighted by Gasteiger charge is 2.11. The van der Waals surface area contributed by atoms with Crippen LogP contribution in [-0.4, -0.2) is 23.6 Å². The first-order chi connectivity index (χ1) is 7.15. The molecular weight excluding hydrogens is 196 g/mol. The van der Waals surface area contributed by atoms with Crippen molar-refractivity contribution in [2.24, 2.45) is 0 Å². The van der Waals surface area contributed by atoms with Crippen LogP contribution in [0.1, 0.15) is 5.56 Å². The second kappa shape index (κ2) is 4.98. The minimum absolute atomic E-state index is 0.311. The maximum absolute atomic E-state index is 10.4. The molecule has 5 heteroatoms. The Morgan fingerprint density at radius 3 is 2.87 bits per heavy atom. The normalized spacial score (nSPS) is 9.13. The highest BCUT2D eigenvalue weighted by atomic mass is 16.6. The van der Waals surface area contributed by atoms with Gasteiger partial charge in [0.25, 0.3) is 0 Å². The van der Waals surface area contributed by atoms with Crippen LogP contribution in [0.25, 0.3) is 0 Å². The van der Waals surface area contributed by atoms with Crippen molar-refractivity contribution in [2.75, 3.05) is 13.6 Å². The predicted molar refractivity (Wildman–Crippen MR) is 55.6 cm³/mol. The van der Waals surface area contributed by atoms with E-state index in [9.17, 15) is 15.2 Å². The molecule has 0 heterocycles. The number of benzene rings is 1. The first kappa shape index (κ1) is 11.0. The minimum Gasteiger partial charge on any atom is -0.502 e. The Kier molecular flexibility index (Phi) is 3.66. The van der Waals surface area contributed by atoms with Crippen molar-refractivity contribution in [3.05, 3.63) is 33.9 Å². The Balaban J connectivity index is 2.93. The lowest BCUT2D eigenvalue weighted by atomic mass is 10.2. The molecule has 78 valence electrons. The van der Waals surface area contributed by atoms with Crippen LogP contribution in [0.15, 0.2) is 18.2 Å². The van der Waals surface area contributed by atoms with Gasteiger partial charge in [-0.3, -0.25) is 10.1 Å². The second-order valence-electron chi connectivity index (χ2n) is 2.79. The summed E-state index contributed by atoms with van der Waals surface area (Å²) in [6, 6.07) is 4.01. The van der Waals surface area contributed by atoms with E-state index in [4.69, 9.17) is 0 Å². The molecule has 0 aliphatic heterocycles. The molecule has 1 aromatic carbocycles. The molecular formula is C10H10N2O3. The molecule has 0 saturated heterocycles. The molecule has 0 fully saturated rings. The third-order valence-electron chi connectivity index (χ3n) is 1.67.